The summed E-state index contributed by atoms with van der Waals surface area (Å²) < 4.78 is 27.4. The van der Waals surface area contributed by atoms with Crippen LogP contribution in [0.3, 0.4) is 0 Å². The van der Waals surface area contributed by atoms with Gasteiger partial charge in [0.1, 0.15) is 5.76 Å². The molecule has 7 nitrogen and oxygen atoms in total. The molecule has 2 heterocycles. The molecule has 3 N–H and O–H groups in total. The molecule has 0 saturated carbocycles. The highest BCUT2D eigenvalue weighted by molar-refractivity contribution is 7.89. The van der Waals surface area contributed by atoms with Gasteiger partial charge >= 0.3 is 0 Å². The van der Waals surface area contributed by atoms with Crippen LogP contribution < -0.4 is 5.14 Å². The molecule has 0 spiro atoms. The molecule has 2 rings (SSSR count). The molecule has 0 bridgehead atoms. The van der Waals surface area contributed by atoms with Crippen molar-refractivity contribution in [1.29, 1.82) is 0 Å². The molecule has 0 radical (unpaired) electrons. The Bertz CT molecular complexity index is 569. The number of aliphatic hydroxyl groups is 1. The van der Waals surface area contributed by atoms with Crippen molar-refractivity contribution in [2.45, 2.75) is 12.8 Å². The lowest BCUT2D eigenvalue weighted by molar-refractivity contribution is -0.128. The third-order valence-corrected chi connectivity index (χ3v) is 4.51. The Balaban J connectivity index is 1.90. The molecule has 2 unspecified atom stereocenters. The molecule has 0 aromatic carbocycles. The molecule has 1 aliphatic heterocycles. The van der Waals surface area contributed by atoms with Crippen molar-refractivity contribution in [2.75, 3.05) is 25.4 Å². The van der Waals surface area contributed by atoms with Gasteiger partial charge in [-0.1, -0.05) is 0 Å². The second kappa shape index (κ2) is 6.59. The fourth-order valence-corrected chi connectivity index (χ4v) is 3.56. The minimum absolute atomic E-state index is 0.0651. The summed E-state index contributed by atoms with van der Waals surface area (Å²) in [6, 6.07) is 3.59. The summed E-state index contributed by atoms with van der Waals surface area (Å²) in [6.07, 6.45) is 2.29. The van der Waals surface area contributed by atoms with E-state index in [1.165, 1.54) is 0 Å². The van der Waals surface area contributed by atoms with E-state index in [4.69, 9.17) is 9.56 Å². The van der Waals surface area contributed by atoms with E-state index in [2.05, 4.69) is 0 Å². The number of nitrogens with two attached hydrogens (primary N) is 1. The molecule has 1 saturated heterocycles. The number of sulfonamides is 1. The van der Waals surface area contributed by atoms with Crippen LogP contribution >= 0.6 is 0 Å². The predicted octanol–water partition coefficient (Wildman–Crippen LogP) is -0.432. The molecular weight excluding hydrogens is 296 g/mol. The first-order valence-corrected chi connectivity index (χ1v) is 8.50. The molecule has 1 aromatic rings. The molecule has 1 fully saturated rings. The van der Waals surface area contributed by atoms with Gasteiger partial charge < -0.3 is 14.4 Å². The molecule has 1 amide bonds. The zero-order chi connectivity index (χ0) is 15.5. The molecule has 1 aromatic heterocycles. The number of primary sulfonamides is 1. The standard InChI is InChI=1S/C13H20N2O5S/c14-21(18,19)9-11-5-13(17)15(7-11)6-10(8-16)4-12-2-1-3-20-12/h1-3,10-11,16H,4-9H2,(H2,14,18,19). The van der Waals surface area contributed by atoms with E-state index in [0.717, 1.165) is 5.76 Å². The fourth-order valence-electron chi connectivity index (χ4n) is 2.68. The molecular formula is C13H20N2O5S. The summed E-state index contributed by atoms with van der Waals surface area (Å²) in [5.41, 5.74) is 0. The first-order valence-electron chi connectivity index (χ1n) is 6.79. The number of furan rings is 1. The Morgan fingerprint density at radius 2 is 2.29 bits per heavy atom. The van der Waals surface area contributed by atoms with Crippen molar-refractivity contribution < 1.29 is 22.7 Å². The van der Waals surface area contributed by atoms with Crippen LogP contribution in [-0.2, 0) is 21.2 Å². The van der Waals surface area contributed by atoms with E-state index in [0.29, 0.717) is 19.5 Å². The van der Waals surface area contributed by atoms with Gasteiger partial charge in [-0.3, -0.25) is 4.79 Å². The van der Waals surface area contributed by atoms with E-state index in [9.17, 15) is 18.3 Å². The SMILES string of the molecule is NS(=O)(=O)CC1CC(=O)N(CC(CO)Cc2ccco2)C1. The second-order valence-electron chi connectivity index (χ2n) is 5.53. The van der Waals surface area contributed by atoms with Gasteiger partial charge in [-0.2, -0.15) is 0 Å². The summed E-state index contributed by atoms with van der Waals surface area (Å²) in [5.74, 6) is 0.0733. The quantitative estimate of drug-likeness (QED) is 0.708. The summed E-state index contributed by atoms with van der Waals surface area (Å²) >= 11 is 0. The van der Waals surface area contributed by atoms with Crippen LogP contribution in [0.2, 0.25) is 0 Å². The van der Waals surface area contributed by atoms with Crippen molar-refractivity contribution >= 4 is 15.9 Å². The minimum atomic E-state index is -3.57. The van der Waals surface area contributed by atoms with E-state index in [-0.39, 0.29) is 36.5 Å². The highest BCUT2D eigenvalue weighted by Crippen LogP contribution is 2.21. The van der Waals surface area contributed by atoms with Crippen LogP contribution in [0.4, 0.5) is 0 Å². The van der Waals surface area contributed by atoms with Crippen molar-refractivity contribution in [2.24, 2.45) is 17.0 Å². The number of hydrogen-bond donors (Lipinski definition) is 2. The normalized spacial score (nSPS) is 21.0. The van der Waals surface area contributed by atoms with Gasteiger partial charge in [0.25, 0.3) is 0 Å². The van der Waals surface area contributed by atoms with Crippen LogP contribution in [-0.4, -0.2) is 49.8 Å². The van der Waals surface area contributed by atoms with E-state index >= 15 is 0 Å². The maximum atomic E-state index is 11.9. The zero-order valence-electron chi connectivity index (χ0n) is 11.6. The Hall–Kier alpha value is -1.38. The monoisotopic (exact) mass is 316 g/mol. The van der Waals surface area contributed by atoms with Crippen LogP contribution in [0, 0.1) is 11.8 Å². The Labute approximate surface area is 123 Å². The first kappa shape index (κ1) is 16.0. The lowest BCUT2D eigenvalue weighted by atomic mass is 10.0. The van der Waals surface area contributed by atoms with Gasteiger partial charge in [0.15, 0.2) is 0 Å². The summed E-state index contributed by atoms with van der Waals surface area (Å²) in [4.78, 5) is 13.5. The Kier molecular flexibility index (Phi) is 5.02. The van der Waals surface area contributed by atoms with Gasteiger partial charge in [-0.05, 0) is 12.1 Å². The first-order chi connectivity index (χ1) is 9.87. The van der Waals surface area contributed by atoms with Crippen molar-refractivity contribution in [1.82, 2.24) is 4.90 Å². The Morgan fingerprint density at radius 3 is 2.86 bits per heavy atom. The number of likely N-dealkylation sites (tertiary alicyclic amines) is 1. The van der Waals surface area contributed by atoms with E-state index < -0.39 is 10.0 Å². The summed E-state index contributed by atoms with van der Waals surface area (Å²) in [6.45, 7) is 0.686. The average molecular weight is 316 g/mol. The maximum absolute atomic E-state index is 11.9. The molecule has 2 atom stereocenters. The van der Waals surface area contributed by atoms with Crippen LogP contribution in [0.1, 0.15) is 12.2 Å². The number of amides is 1. The van der Waals surface area contributed by atoms with E-state index in [1.54, 1.807) is 17.2 Å². The predicted molar refractivity (Wildman–Crippen MR) is 75.6 cm³/mol. The van der Waals surface area contributed by atoms with Gasteiger partial charge in [-0.25, -0.2) is 13.6 Å². The van der Waals surface area contributed by atoms with Gasteiger partial charge in [-0.15, -0.1) is 0 Å². The third kappa shape index (κ3) is 4.83. The lowest BCUT2D eigenvalue weighted by Crippen LogP contribution is -2.34. The number of carbonyl (C=O) groups excluding carboxylic acids is 1. The third-order valence-electron chi connectivity index (χ3n) is 3.57. The average Bonchev–Trinajstić information content (AvgIpc) is 2.97. The second-order valence-corrected chi connectivity index (χ2v) is 7.19. The van der Waals surface area contributed by atoms with Crippen LogP contribution in [0.25, 0.3) is 0 Å². The van der Waals surface area contributed by atoms with Crippen LogP contribution in [0.15, 0.2) is 22.8 Å². The summed E-state index contributed by atoms with van der Waals surface area (Å²) in [5, 5.41) is 14.4. The Morgan fingerprint density at radius 1 is 1.52 bits per heavy atom. The smallest absolute Gasteiger partial charge is 0.222 e. The van der Waals surface area contributed by atoms with Crippen molar-refractivity contribution in [3.63, 3.8) is 0 Å². The molecule has 8 heteroatoms. The van der Waals surface area contributed by atoms with Crippen LogP contribution in [0.5, 0.6) is 0 Å². The maximum Gasteiger partial charge on any atom is 0.222 e. The number of nitrogens with zero attached hydrogens (tertiary/aromatic N) is 1. The highest BCUT2D eigenvalue weighted by Gasteiger charge is 2.33. The zero-order valence-corrected chi connectivity index (χ0v) is 12.5. The van der Waals surface area contributed by atoms with E-state index in [1.807, 2.05) is 6.07 Å². The van der Waals surface area contributed by atoms with Gasteiger partial charge in [0.2, 0.25) is 15.9 Å². The van der Waals surface area contributed by atoms with Crippen molar-refractivity contribution in [3.05, 3.63) is 24.2 Å². The fraction of sp³-hybridized carbons (Fsp3) is 0.615. The topological polar surface area (TPSA) is 114 Å². The number of hydrogen-bond acceptors (Lipinski definition) is 5. The minimum Gasteiger partial charge on any atom is -0.469 e. The lowest BCUT2D eigenvalue weighted by Gasteiger charge is -2.22. The number of rotatable bonds is 7. The highest BCUT2D eigenvalue weighted by atomic mass is 32.2. The number of aliphatic hydroxyl groups excluding tert-OH is 1. The largest absolute Gasteiger partial charge is 0.469 e. The molecule has 118 valence electrons. The molecule has 1 aliphatic rings. The molecule has 0 aliphatic carbocycles. The summed E-state index contributed by atoms with van der Waals surface area (Å²) in [7, 11) is -3.57. The number of carbonyl (C=O) groups is 1. The van der Waals surface area contributed by atoms with Gasteiger partial charge in [0, 0.05) is 44.4 Å². The van der Waals surface area contributed by atoms with Gasteiger partial charge in [0.05, 0.1) is 12.0 Å². The molecule has 21 heavy (non-hydrogen) atoms. The van der Waals surface area contributed by atoms with Crippen molar-refractivity contribution in [3.8, 4) is 0 Å².